The number of aryl methyl sites for hydroxylation is 1. The first-order valence-electron chi connectivity index (χ1n) is 12.7. The van der Waals surface area contributed by atoms with Crippen molar-refractivity contribution in [1.29, 1.82) is 0 Å². The van der Waals surface area contributed by atoms with Gasteiger partial charge in [-0.25, -0.2) is 4.98 Å². The first kappa shape index (κ1) is 24.4. The Morgan fingerprint density at radius 2 is 1.95 bits per heavy atom. The summed E-state index contributed by atoms with van der Waals surface area (Å²) in [6.07, 6.45) is 2.40. The van der Waals surface area contributed by atoms with Gasteiger partial charge in [-0.05, 0) is 53.4 Å². The number of carbonyl (C=O) groups is 2. The predicted octanol–water partition coefficient (Wildman–Crippen LogP) is 3.67. The van der Waals surface area contributed by atoms with Gasteiger partial charge in [-0.1, -0.05) is 30.3 Å². The Kier molecular flexibility index (Phi) is 6.31. The van der Waals surface area contributed by atoms with Gasteiger partial charge in [0.2, 0.25) is 11.8 Å². The molecule has 0 radical (unpaired) electrons. The molecule has 11 nitrogen and oxygen atoms in total. The second-order valence-corrected chi connectivity index (χ2v) is 9.64. The van der Waals surface area contributed by atoms with E-state index in [0.29, 0.717) is 52.8 Å². The third-order valence-electron chi connectivity index (χ3n) is 6.88. The number of hydrogen-bond acceptors (Lipinski definition) is 8. The molecule has 1 aliphatic heterocycles. The lowest BCUT2D eigenvalue weighted by atomic mass is 9.85. The van der Waals surface area contributed by atoms with Gasteiger partial charge in [0.25, 0.3) is 5.91 Å². The molecule has 5 aromatic rings. The molecule has 2 amide bonds. The number of fused-ring (bicyclic) bond motifs is 1. The van der Waals surface area contributed by atoms with E-state index in [9.17, 15) is 9.59 Å². The van der Waals surface area contributed by atoms with E-state index in [1.807, 2.05) is 23.1 Å². The molecule has 1 N–H and O–H groups in total. The van der Waals surface area contributed by atoms with Crippen LogP contribution in [-0.4, -0.2) is 60.0 Å². The molecule has 2 atom stereocenters. The van der Waals surface area contributed by atoms with Crippen molar-refractivity contribution in [2.75, 3.05) is 18.4 Å². The monoisotopic (exact) mass is 522 g/mol. The number of likely N-dealkylation sites (tertiary alicyclic amines) is 1. The predicted molar refractivity (Wildman–Crippen MR) is 143 cm³/mol. The molecule has 1 aliphatic rings. The Bertz CT molecular complexity index is 1660. The van der Waals surface area contributed by atoms with E-state index >= 15 is 0 Å². The van der Waals surface area contributed by atoms with Crippen molar-refractivity contribution in [3.8, 4) is 11.5 Å². The highest BCUT2D eigenvalue weighted by atomic mass is 16.3. The quantitative estimate of drug-likeness (QED) is 0.357. The molecule has 0 saturated carbocycles. The van der Waals surface area contributed by atoms with Gasteiger partial charge in [-0.15, -0.1) is 10.2 Å². The summed E-state index contributed by atoms with van der Waals surface area (Å²) in [7, 11) is 1.75. The van der Waals surface area contributed by atoms with E-state index in [1.54, 1.807) is 43.6 Å². The summed E-state index contributed by atoms with van der Waals surface area (Å²) in [5.41, 5.74) is 3.89. The highest BCUT2D eigenvalue weighted by molar-refractivity contribution is 5.94. The van der Waals surface area contributed by atoms with Crippen molar-refractivity contribution in [3.63, 3.8) is 0 Å². The number of nitrogens with zero attached hydrogens (tertiary/aromatic N) is 7. The van der Waals surface area contributed by atoms with Crippen molar-refractivity contribution in [3.05, 3.63) is 83.9 Å². The largest absolute Gasteiger partial charge is 0.436 e. The fourth-order valence-corrected chi connectivity index (χ4v) is 5.13. The molecule has 39 heavy (non-hydrogen) atoms. The molecule has 196 valence electrons. The minimum absolute atomic E-state index is 0.0703. The summed E-state index contributed by atoms with van der Waals surface area (Å²) in [5.74, 6) is 0.780. The molecule has 2 unspecified atom stereocenters. The third kappa shape index (κ3) is 4.98. The number of amides is 2. The van der Waals surface area contributed by atoms with Gasteiger partial charge in [0.05, 0.1) is 13.0 Å². The van der Waals surface area contributed by atoms with Crippen LogP contribution in [0.5, 0.6) is 0 Å². The molecule has 1 saturated heterocycles. The number of rotatable bonds is 6. The number of tetrazole rings is 1. The summed E-state index contributed by atoms with van der Waals surface area (Å²) in [6, 6.07) is 18.8. The van der Waals surface area contributed by atoms with Gasteiger partial charge < -0.3 is 14.6 Å². The molecule has 0 spiro atoms. The molecular formula is C28H26N8O3. The molecule has 2 aromatic carbocycles. The Morgan fingerprint density at radius 3 is 2.72 bits per heavy atom. The molecule has 6 rings (SSSR count). The highest BCUT2D eigenvalue weighted by Gasteiger charge is 2.36. The number of hydrogen-bond donors (Lipinski definition) is 1. The van der Waals surface area contributed by atoms with E-state index in [1.165, 1.54) is 11.7 Å². The molecule has 4 heterocycles. The van der Waals surface area contributed by atoms with E-state index < -0.39 is 0 Å². The van der Waals surface area contributed by atoms with Crippen molar-refractivity contribution in [1.82, 2.24) is 35.1 Å². The Hall–Kier alpha value is -4.93. The first-order chi connectivity index (χ1) is 18.9. The fourth-order valence-electron chi connectivity index (χ4n) is 5.13. The number of aromatic nitrogens is 6. The lowest BCUT2D eigenvalue weighted by Crippen LogP contribution is -2.30. The van der Waals surface area contributed by atoms with E-state index in [2.05, 4.69) is 42.8 Å². The van der Waals surface area contributed by atoms with E-state index in [-0.39, 0.29) is 23.7 Å². The maximum absolute atomic E-state index is 13.5. The summed E-state index contributed by atoms with van der Waals surface area (Å²) < 4.78 is 5.92. The van der Waals surface area contributed by atoms with Gasteiger partial charge in [-0.2, -0.15) is 4.80 Å². The number of pyridine rings is 1. The minimum Gasteiger partial charge on any atom is -0.436 e. The van der Waals surface area contributed by atoms with Crippen LogP contribution < -0.4 is 5.32 Å². The first-order valence-corrected chi connectivity index (χ1v) is 12.7. The molecule has 11 heteroatoms. The van der Waals surface area contributed by atoms with Crippen molar-refractivity contribution < 1.29 is 14.0 Å². The van der Waals surface area contributed by atoms with Crippen LogP contribution in [0.25, 0.3) is 22.6 Å². The van der Waals surface area contributed by atoms with Crippen LogP contribution in [0.4, 0.5) is 5.69 Å². The summed E-state index contributed by atoms with van der Waals surface area (Å²) in [4.78, 5) is 37.1. The van der Waals surface area contributed by atoms with E-state index in [0.717, 1.165) is 12.0 Å². The fraction of sp³-hybridized carbons (Fsp3) is 0.250. The van der Waals surface area contributed by atoms with Gasteiger partial charge >= 0.3 is 0 Å². The third-order valence-corrected chi connectivity index (χ3v) is 6.88. The van der Waals surface area contributed by atoms with Crippen LogP contribution in [0.2, 0.25) is 0 Å². The van der Waals surface area contributed by atoms with Crippen molar-refractivity contribution >= 4 is 28.6 Å². The zero-order valence-corrected chi connectivity index (χ0v) is 21.5. The molecule has 0 bridgehead atoms. The number of nitrogens with one attached hydrogen (secondary N) is 1. The second-order valence-electron chi connectivity index (χ2n) is 9.64. The van der Waals surface area contributed by atoms with Crippen LogP contribution in [-0.2, 0) is 11.8 Å². The SMILES string of the molecule is CC(=O)Nc1ccc2oc(-c3ccnc(C(=O)N4CCC(C(c5ccccc5)c5nnn(C)n5)C4)c3)nc2c1. The zero-order valence-electron chi connectivity index (χ0n) is 21.5. The highest BCUT2D eigenvalue weighted by Crippen LogP contribution is 2.36. The summed E-state index contributed by atoms with van der Waals surface area (Å²) >= 11 is 0. The summed E-state index contributed by atoms with van der Waals surface area (Å²) in [5, 5.41) is 15.6. The zero-order chi connectivity index (χ0) is 26.9. The van der Waals surface area contributed by atoms with Crippen LogP contribution in [0.1, 0.15) is 41.1 Å². The maximum atomic E-state index is 13.5. The van der Waals surface area contributed by atoms with Gasteiger partial charge in [0.1, 0.15) is 11.2 Å². The van der Waals surface area contributed by atoms with E-state index in [4.69, 9.17) is 4.42 Å². The average molecular weight is 523 g/mol. The topological polar surface area (TPSA) is 132 Å². The van der Waals surface area contributed by atoms with Crippen LogP contribution >= 0.6 is 0 Å². The number of carbonyl (C=O) groups excluding carboxylic acids is 2. The smallest absolute Gasteiger partial charge is 0.272 e. The Balaban J connectivity index is 1.23. The van der Waals surface area contributed by atoms with Gasteiger partial charge in [-0.3, -0.25) is 14.6 Å². The molecule has 3 aromatic heterocycles. The average Bonchev–Trinajstić information content (AvgIpc) is 3.69. The summed E-state index contributed by atoms with van der Waals surface area (Å²) in [6.45, 7) is 2.61. The lowest BCUT2D eigenvalue weighted by molar-refractivity contribution is -0.114. The minimum atomic E-state index is -0.164. The van der Waals surface area contributed by atoms with Gasteiger partial charge in [0.15, 0.2) is 11.4 Å². The molecular weight excluding hydrogens is 496 g/mol. The van der Waals surface area contributed by atoms with Gasteiger partial charge in [0, 0.05) is 37.5 Å². The van der Waals surface area contributed by atoms with Crippen LogP contribution in [0.15, 0.2) is 71.3 Å². The van der Waals surface area contributed by atoms with Crippen LogP contribution in [0, 0.1) is 5.92 Å². The van der Waals surface area contributed by atoms with Crippen LogP contribution in [0.3, 0.4) is 0 Å². The second kappa shape index (κ2) is 10.1. The molecule has 1 fully saturated rings. The van der Waals surface area contributed by atoms with Crippen molar-refractivity contribution in [2.45, 2.75) is 19.3 Å². The standard InChI is InChI=1S/C28H26N8O3/c1-17(37)30-21-8-9-24-22(15-21)31-27(39-24)19-10-12-29-23(14-19)28(38)36-13-11-20(16-36)25(18-6-4-3-5-7-18)26-32-34-35(2)33-26/h3-10,12,14-15,20,25H,11,13,16H2,1-2H3,(H,30,37). The maximum Gasteiger partial charge on any atom is 0.272 e. The van der Waals surface area contributed by atoms with Crippen molar-refractivity contribution in [2.24, 2.45) is 13.0 Å². The Labute approximate surface area is 223 Å². The number of oxazole rings is 1. The molecule has 0 aliphatic carbocycles. The Morgan fingerprint density at radius 1 is 1.10 bits per heavy atom. The normalized spacial score (nSPS) is 15.9. The lowest BCUT2D eigenvalue weighted by Gasteiger charge is -2.22. The number of benzene rings is 2. The number of anilines is 1.